The molecule has 1 aromatic heterocycles. The smallest absolute Gasteiger partial charge is 0.273 e. The molecule has 1 fully saturated rings. The van der Waals surface area contributed by atoms with Crippen LogP contribution in [0.2, 0.25) is 5.02 Å². The Bertz CT molecular complexity index is 474. The van der Waals surface area contributed by atoms with Crippen LogP contribution in [0.1, 0.15) is 23.3 Å². The van der Waals surface area contributed by atoms with Gasteiger partial charge in [0.05, 0.1) is 5.02 Å². The molecule has 5 nitrogen and oxygen atoms in total. The summed E-state index contributed by atoms with van der Waals surface area (Å²) < 4.78 is 0. The maximum atomic E-state index is 12.4. The average molecular weight is 297 g/mol. The number of nitrogens with one attached hydrogen (secondary N) is 1. The Hall–Kier alpha value is -1.33. The van der Waals surface area contributed by atoms with E-state index in [1.165, 1.54) is 12.8 Å². The number of likely N-dealkylation sites (N-methyl/N-ethyl adjacent to an activating group) is 1. The fourth-order valence-electron chi connectivity index (χ4n) is 2.31. The van der Waals surface area contributed by atoms with Gasteiger partial charge in [0.1, 0.15) is 11.5 Å². The van der Waals surface area contributed by atoms with Gasteiger partial charge >= 0.3 is 0 Å². The van der Waals surface area contributed by atoms with Crippen LogP contribution >= 0.6 is 11.6 Å². The van der Waals surface area contributed by atoms with E-state index in [2.05, 4.69) is 15.2 Å². The molecule has 110 valence electrons. The van der Waals surface area contributed by atoms with Crippen molar-refractivity contribution in [3.8, 4) is 0 Å². The van der Waals surface area contributed by atoms with Crippen LogP contribution < -0.4 is 5.32 Å². The van der Waals surface area contributed by atoms with Crippen LogP contribution in [0, 0.1) is 0 Å². The van der Waals surface area contributed by atoms with E-state index < -0.39 is 0 Å². The normalized spacial score (nSPS) is 15.3. The van der Waals surface area contributed by atoms with E-state index >= 15 is 0 Å². The molecular weight excluding hydrogens is 276 g/mol. The molecule has 0 aliphatic carbocycles. The molecular formula is C14H21ClN4O. The molecule has 0 saturated carbocycles. The first kappa shape index (κ1) is 15.1. The van der Waals surface area contributed by atoms with Gasteiger partial charge in [-0.2, -0.15) is 0 Å². The Morgan fingerprint density at radius 2 is 2.15 bits per heavy atom. The van der Waals surface area contributed by atoms with Crippen LogP contribution in [0.15, 0.2) is 12.1 Å². The summed E-state index contributed by atoms with van der Waals surface area (Å²) in [5.74, 6) is 0.511. The third-order valence-electron chi connectivity index (χ3n) is 3.60. The lowest BCUT2D eigenvalue weighted by Crippen LogP contribution is -2.35. The molecule has 0 radical (unpaired) electrons. The van der Waals surface area contributed by atoms with Crippen LogP contribution in [0.5, 0.6) is 0 Å². The van der Waals surface area contributed by atoms with Crippen LogP contribution in [0.4, 0.5) is 5.82 Å². The highest BCUT2D eigenvalue weighted by atomic mass is 35.5. The van der Waals surface area contributed by atoms with Crippen LogP contribution in [-0.4, -0.2) is 61.0 Å². The van der Waals surface area contributed by atoms with Crippen molar-refractivity contribution in [1.29, 1.82) is 0 Å². The summed E-state index contributed by atoms with van der Waals surface area (Å²) in [6.45, 7) is 3.87. The van der Waals surface area contributed by atoms with Gasteiger partial charge in [0.25, 0.3) is 5.91 Å². The molecule has 1 saturated heterocycles. The van der Waals surface area contributed by atoms with Gasteiger partial charge in [-0.1, -0.05) is 11.6 Å². The zero-order valence-electron chi connectivity index (χ0n) is 12.0. The van der Waals surface area contributed by atoms with Gasteiger partial charge < -0.3 is 15.1 Å². The molecule has 2 rings (SSSR count). The van der Waals surface area contributed by atoms with E-state index in [1.807, 2.05) is 0 Å². The number of rotatable bonds is 5. The van der Waals surface area contributed by atoms with E-state index in [1.54, 1.807) is 31.1 Å². The van der Waals surface area contributed by atoms with Gasteiger partial charge in [0, 0.05) is 27.2 Å². The van der Waals surface area contributed by atoms with Gasteiger partial charge in [0.2, 0.25) is 0 Å². The fourth-order valence-corrected chi connectivity index (χ4v) is 2.50. The average Bonchev–Trinajstić information content (AvgIpc) is 2.98. The summed E-state index contributed by atoms with van der Waals surface area (Å²) in [6.07, 6.45) is 2.52. The standard InChI is InChI=1S/C14H21ClN4O/c1-16-12-6-5-11(15)13(17-12)14(20)18(2)9-10-19-7-3-4-8-19/h5-6H,3-4,7-10H2,1-2H3,(H,16,17). The van der Waals surface area contributed by atoms with Crippen molar-refractivity contribution in [3.05, 3.63) is 22.8 Å². The van der Waals surface area contributed by atoms with Gasteiger partial charge in [-0.25, -0.2) is 4.98 Å². The van der Waals surface area contributed by atoms with Crippen molar-refractivity contribution < 1.29 is 4.79 Å². The highest BCUT2D eigenvalue weighted by Crippen LogP contribution is 2.18. The number of carbonyl (C=O) groups excluding carboxylic acids is 1. The first-order chi connectivity index (χ1) is 9.61. The number of anilines is 1. The Morgan fingerprint density at radius 1 is 1.45 bits per heavy atom. The lowest BCUT2D eigenvalue weighted by molar-refractivity contribution is 0.0777. The molecule has 6 heteroatoms. The quantitative estimate of drug-likeness (QED) is 0.902. The van der Waals surface area contributed by atoms with E-state index in [9.17, 15) is 4.79 Å². The second-order valence-electron chi connectivity index (χ2n) is 5.05. The number of hydrogen-bond acceptors (Lipinski definition) is 4. The van der Waals surface area contributed by atoms with Crippen molar-refractivity contribution in [2.75, 3.05) is 45.6 Å². The molecule has 0 bridgehead atoms. The minimum absolute atomic E-state index is 0.133. The Labute approximate surface area is 124 Å². The zero-order valence-corrected chi connectivity index (χ0v) is 12.8. The molecule has 1 aliphatic rings. The number of carbonyl (C=O) groups is 1. The van der Waals surface area contributed by atoms with Gasteiger partial charge in [0.15, 0.2) is 0 Å². The van der Waals surface area contributed by atoms with Crippen LogP contribution in [0.3, 0.4) is 0 Å². The molecule has 1 N–H and O–H groups in total. The Kier molecular flexibility index (Phi) is 5.20. The lowest BCUT2D eigenvalue weighted by atomic mass is 10.3. The Balaban J connectivity index is 1.98. The number of amides is 1. The molecule has 20 heavy (non-hydrogen) atoms. The van der Waals surface area contributed by atoms with Crippen molar-refractivity contribution in [1.82, 2.24) is 14.8 Å². The minimum Gasteiger partial charge on any atom is -0.373 e. The predicted octanol–water partition coefficient (Wildman–Crippen LogP) is 1.94. The maximum Gasteiger partial charge on any atom is 0.273 e. The summed E-state index contributed by atoms with van der Waals surface area (Å²) in [7, 11) is 3.56. The lowest BCUT2D eigenvalue weighted by Gasteiger charge is -2.21. The highest BCUT2D eigenvalue weighted by Gasteiger charge is 2.19. The van der Waals surface area contributed by atoms with Gasteiger partial charge in [-0.15, -0.1) is 0 Å². The van der Waals surface area contributed by atoms with Crippen LogP contribution in [-0.2, 0) is 0 Å². The first-order valence-electron chi connectivity index (χ1n) is 6.94. The SMILES string of the molecule is CNc1ccc(Cl)c(C(=O)N(C)CCN2CCCC2)n1. The second-order valence-corrected chi connectivity index (χ2v) is 5.46. The summed E-state index contributed by atoms with van der Waals surface area (Å²) in [6, 6.07) is 3.45. The van der Waals surface area contributed by atoms with E-state index in [0.29, 0.717) is 23.1 Å². The molecule has 0 spiro atoms. The summed E-state index contributed by atoms with van der Waals surface area (Å²) >= 11 is 6.07. The monoisotopic (exact) mass is 296 g/mol. The third kappa shape index (κ3) is 3.61. The molecule has 0 aromatic carbocycles. The topological polar surface area (TPSA) is 48.5 Å². The van der Waals surface area contributed by atoms with Crippen LogP contribution in [0.25, 0.3) is 0 Å². The number of nitrogens with zero attached hydrogens (tertiary/aromatic N) is 3. The van der Waals surface area contributed by atoms with Gasteiger partial charge in [-0.3, -0.25) is 4.79 Å². The van der Waals surface area contributed by atoms with E-state index in [-0.39, 0.29) is 5.91 Å². The predicted molar refractivity (Wildman–Crippen MR) is 81.4 cm³/mol. The van der Waals surface area contributed by atoms with Gasteiger partial charge in [-0.05, 0) is 38.1 Å². The summed E-state index contributed by atoms with van der Waals surface area (Å²) in [4.78, 5) is 20.7. The molecule has 1 aliphatic heterocycles. The zero-order chi connectivity index (χ0) is 14.5. The number of aromatic nitrogens is 1. The van der Waals surface area contributed by atoms with E-state index in [4.69, 9.17) is 11.6 Å². The third-order valence-corrected chi connectivity index (χ3v) is 3.91. The molecule has 2 heterocycles. The van der Waals surface area contributed by atoms with Crippen molar-refractivity contribution in [2.24, 2.45) is 0 Å². The number of halogens is 1. The van der Waals surface area contributed by atoms with E-state index in [0.717, 1.165) is 19.6 Å². The van der Waals surface area contributed by atoms with Crippen molar-refractivity contribution in [3.63, 3.8) is 0 Å². The second kappa shape index (κ2) is 6.90. The molecule has 0 unspecified atom stereocenters. The fraction of sp³-hybridized carbons (Fsp3) is 0.571. The largest absolute Gasteiger partial charge is 0.373 e. The maximum absolute atomic E-state index is 12.4. The Morgan fingerprint density at radius 3 is 2.80 bits per heavy atom. The molecule has 1 aromatic rings. The minimum atomic E-state index is -0.133. The van der Waals surface area contributed by atoms with Crippen molar-refractivity contribution in [2.45, 2.75) is 12.8 Å². The number of likely N-dealkylation sites (tertiary alicyclic amines) is 1. The molecule has 0 atom stereocenters. The number of pyridine rings is 1. The number of hydrogen-bond donors (Lipinski definition) is 1. The first-order valence-corrected chi connectivity index (χ1v) is 7.31. The van der Waals surface area contributed by atoms with Crippen molar-refractivity contribution >= 4 is 23.3 Å². The molecule has 1 amide bonds. The summed E-state index contributed by atoms with van der Waals surface area (Å²) in [5, 5.41) is 3.31. The summed E-state index contributed by atoms with van der Waals surface area (Å²) in [5.41, 5.74) is 0.308. The highest BCUT2D eigenvalue weighted by molar-refractivity contribution is 6.33.